The van der Waals surface area contributed by atoms with E-state index in [0.717, 1.165) is 24.2 Å². The Morgan fingerprint density at radius 1 is 1.17 bits per heavy atom. The molecule has 1 aromatic rings. The maximum atomic E-state index is 13.0. The molecule has 1 spiro atoms. The molecule has 156 valence electrons. The Kier molecular flexibility index (Phi) is 5.06. The lowest BCUT2D eigenvalue weighted by Gasteiger charge is -2.37. The molecular weight excluding hydrogens is 376 g/mol. The molecule has 2 atom stereocenters. The summed E-state index contributed by atoms with van der Waals surface area (Å²) in [6, 6.07) is 2.79. The third-order valence-corrected chi connectivity index (χ3v) is 6.45. The van der Waals surface area contributed by atoms with Crippen LogP contribution in [0.3, 0.4) is 0 Å². The summed E-state index contributed by atoms with van der Waals surface area (Å²) in [4.78, 5) is 54.8. The first-order chi connectivity index (χ1) is 13.9. The van der Waals surface area contributed by atoms with Crippen molar-refractivity contribution in [2.24, 2.45) is 5.92 Å². The van der Waals surface area contributed by atoms with Gasteiger partial charge in [-0.25, -0.2) is 4.79 Å². The number of imide groups is 1. The van der Waals surface area contributed by atoms with Crippen LogP contribution in [0.1, 0.15) is 43.2 Å². The van der Waals surface area contributed by atoms with Crippen molar-refractivity contribution in [2.75, 3.05) is 32.7 Å². The molecule has 3 fully saturated rings. The van der Waals surface area contributed by atoms with Crippen molar-refractivity contribution in [1.82, 2.24) is 20.0 Å². The van der Waals surface area contributed by atoms with Crippen LogP contribution in [0.25, 0.3) is 0 Å². The summed E-state index contributed by atoms with van der Waals surface area (Å²) in [5, 5.41) is 2.87. The third kappa shape index (κ3) is 3.38. The summed E-state index contributed by atoms with van der Waals surface area (Å²) in [6.07, 6.45) is 4.90. The quantitative estimate of drug-likeness (QED) is 0.762. The molecule has 2 saturated heterocycles. The van der Waals surface area contributed by atoms with Crippen LogP contribution < -0.4 is 5.32 Å². The van der Waals surface area contributed by atoms with Gasteiger partial charge in [0.05, 0.1) is 6.26 Å². The number of nitrogens with zero attached hydrogens (tertiary/aromatic N) is 3. The van der Waals surface area contributed by atoms with E-state index >= 15 is 0 Å². The summed E-state index contributed by atoms with van der Waals surface area (Å²) in [7, 11) is 0. The van der Waals surface area contributed by atoms with Crippen LogP contribution in [0, 0.1) is 5.92 Å². The van der Waals surface area contributed by atoms with Gasteiger partial charge in [-0.1, -0.05) is 19.8 Å². The summed E-state index contributed by atoms with van der Waals surface area (Å²) in [6.45, 7) is 3.20. The molecule has 0 unspecified atom stereocenters. The standard InChI is InChI=1S/C20H26N4O5/c1-14-5-2-3-7-20(14)18(27)24(19(28)21-20)13-16(25)22-8-10-23(11-9-22)17(26)15-6-4-12-29-15/h4,6,12,14H,2-3,5,7-11,13H2,1H3,(H,21,28)/t14-,20-/m1/s1. The van der Waals surface area contributed by atoms with Gasteiger partial charge in [0.15, 0.2) is 5.76 Å². The van der Waals surface area contributed by atoms with Crippen LogP contribution in [0.2, 0.25) is 0 Å². The first-order valence-electron chi connectivity index (χ1n) is 10.2. The summed E-state index contributed by atoms with van der Waals surface area (Å²) in [5.41, 5.74) is -0.857. The molecule has 9 heteroatoms. The summed E-state index contributed by atoms with van der Waals surface area (Å²) < 4.78 is 5.14. The Morgan fingerprint density at radius 3 is 2.55 bits per heavy atom. The van der Waals surface area contributed by atoms with Crippen molar-refractivity contribution in [2.45, 2.75) is 38.1 Å². The normalized spacial score (nSPS) is 27.5. The molecule has 1 aliphatic carbocycles. The second-order valence-corrected chi connectivity index (χ2v) is 8.09. The van der Waals surface area contributed by atoms with Crippen molar-refractivity contribution >= 4 is 23.8 Å². The third-order valence-electron chi connectivity index (χ3n) is 6.45. The summed E-state index contributed by atoms with van der Waals surface area (Å²) >= 11 is 0. The number of hydrogen-bond donors (Lipinski definition) is 1. The molecule has 1 saturated carbocycles. The van der Waals surface area contributed by atoms with Gasteiger partial charge in [0.1, 0.15) is 12.1 Å². The highest BCUT2D eigenvalue weighted by Gasteiger charge is 2.55. The van der Waals surface area contributed by atoms with E-state index < -0.39 is 11.6 Å². The molecule has 29 heavy (non-hydrogen) atoms. The molecule has 0 radical (unpaired) electrons. The maximum absolute atomic E-state index is 13.0. The van der Waals surface area contributed by atoms with E-state index in [1.165, 1.54) is 6.26 Å². The Labute approximate surface area is 169 Å². The highest BCUT2D eigenvalue weighted by atomic mass is 16.3. The van der Waals surface area contributed by atoms with Crippen molar-refractivity contribution < 1.29 is 23.6 Å². The highest BCUT2D eigenvalue weighted by molar-refractivity contribution is 6.09. The minimum Gasteiger partial charge on any atom is -0.459 e. The Hall–Kier alpha value is -2.84. The largest absolute Gasteiger partial charge is 0.459 e. The van der Waals surface area contributed by atoms with E-state index in [1.807, 2.05) is 6.92 Å². The fourth-order valence-electron chi connectivity index (χ4n) is 4.59. The van der Waals surface area contributed by atoms with Gasteiger partial charge in [0.25, 0.3) is 11.8 Å². The van der Waals surface area contributed by atoms with Crippen LogP contribution in [-0.4, -0.2) is 76.7 Å². The van der Waals surface area contributed by atoms with Gasteiger partial charge < -0.3 is 19.5 Å². The fraction of sp³-hybridized carbons (Fsp3) is 0.600. The first-order valence-corrected chi connectivity index (χ1v) is 10.2. The number of urea groups is 1. The molecule has 0 bridgehead atoms. The van der Waals surface area contributed by atoms with Crippen LogP contribution in [0.4, 0.5) is 4.79 Å². The molecule has 1 aromatic heterocycles. The molecule has 1 N–H and O–H groups in total. The van der Waals surface area contributed by atoms with Gasteiger partial charge in [0.2, 0.25) is 5.91 Å². The number of carbonyl (C=O) groups is 4. The SMILES string of the molecule is C[C@@H]1CCCC[C@@]12NC(=O)N(CC(=O)N1CCN(C(=O)c3ccco3)CC1)C2=O. The molecule has 4 rings (SSSR count). The average molecular weight is 402 g/mol. The van der Waals surface area contributed by atoms with Crippen LogP contribution in [0.5, 0.6) is 0 Å². The first kappa shape index (κ1) is 19.5. The minimum absolute atomic E-state index is 0.0592. The number of rotatable bonds is 3. The molecule has 3 heterocycles. The zero-order valence-electron chi connectivity index (χ0n) is 16.6. The lowest BCUT2D eigenvalue weighted by Crippen LogP contribution is -2.55. The molecule has 3 aliphatic rings. The van der Waals surface area contributed by atoms with Crippen molar-refractivity contribution in [3.63, 3.8) is 0 Å². The monoisotopic (exact) mass is 402 g/mol. The lowest BCUT2D eigenvalue weighted by molar-refractivity contribution is -0.141. The predicted octanol–water partition coefficient (Wildman–Crippen LogP) is 1.06. The Balaban J connectivity index is 1.35. The maximum Gasteiger partial charge on any atom is 0.325 e. The van der Waals surface area contributed by atoms with Gasteiger partial charge >= 0.3 is 6.03 Å². The van der Waals surface area contributed by atoms with E-state index in [1.54, 1.807) is 21.9 Å². The number of amides is 5. The average Bonchev–Trinajstić information content (AvgIpc) is 3.34. The van der Waals surface area contributed by atoms with E-state index in [4.69, 9.17) is 4.42 Å². The number of hydrogen-bond acceptors (Lipinski definition) is 5. The van der Waals surface area contributed by atoms with Crippen molar-refractivity contribution in [1.29, 1.82) is 0 Å². The van der Waals surface area contributed by atoms with Crippen molar-refractivity contribution in [3.8, 4) is 0 Å². The number of nitrogens with one attached hydrogen (secondary N) is 1. The van der Waals surface area contributed by atoms with Gasteiger partial charge in [-0.05, 0) is 30.9 Å². The molecule has 2 aliphatic heterocycles. The molecule has 0 aromatic carbocycles. The Bertz CT molecular complexity index is 815. The van der Waals surface area contributed by atoms with Crippen LogP contribution >= 0.6 is 0 Å². The van der Waals surface area contributed by atoms with Crippen LogP contribution in [-0.2, 0) is 9.59 Å². The van der Waals surface area contributed by atoms with E-state index in [2.05, 4.69) is 5.32 Å². The fourth-order valence-corrected chi connectivity index (χ4v) is 4.59. The van der Waals surface area contributed by atoms with Gasteiger partial charge in [-0.15, -0.1) is 0 Å². The Morgan fingerprint density at radius 2 is 1.90 bits per heavy atom. The second kappa shape index (κ2) is 7.53. The minimum atomic E-state index is -0.857. The zero-order valence-corrected chi connectivity index (χ0v) is 16.6. The number of carbonyl (C=O) groups excluding carboxylic acids is 4. The topological polar surface area (TPSA) is 103 Å². The molecule has 9 nitrogen and oxygen atoms in total. The highest BCUT2D eigenvalue weighted by Crippen LogP contribution is 2.38. The van der Waals surface area contributed by atoms with Gasteiger partial charge in [-0.2, -0.15) is 0 Å². The summed E-state index contributed by atoms with van der Waals surface area (Å²) in [5.74, 6) is -0.432. The van der Waals surface area contributed by atoms with Gasteiger partial charge in [-0.3, -0.25) is 19.3 Å². The van der Waals surface area contributed by atoms with E-state index in [9.17, 15) is 19.2 Å². The van der Waals surface area contributed by atoms with Crippen LogP contribution in [0.15, 0.2) is 22.8 Å². The molecular formula is C20H26N4O5. The second-order valence-electron chi connectivity index (χ2n) is 8.09. The molecule has 5 amide bonds. The van der Waals surface area contributed by atoms with Gasteiger partial charge in [0, 0.05) is 26.2 Å². The predicted molar refractivity (Wildman–Crippen MR) is 102 cm³/mol. The number of furan rings is 1. The number of piperazine rings is 1. The smallest absolute Gasteiger partial charge is 0.325 e. The van der Waals surface area contributed by atoms with Crippen molar-refractivity contribution in [3.05, 3.63) is 24.2 Å². The zero-order chi connectivity index (χ0) is 20.6. The lowest BCUT2D eigenvalue weighted by atomic mass is 9.73. The van der Waals surface area contributed by atoms with E-state index in [-0.39, 0.29) is 35.9 Å². The van der Waals surface area contributed by atoms with E-state index in [0.29, 0.717) is 32.6 Å².